The fourth-order valence-corrected chi connectivity index (χ4v) is 1.14. The molecule has 2 rings (SSSR count). The van der Waals surface area contributed by atoms with E-state index in [9.17, 15) is 0 Å². The Labute approximate surface area is 63.4 Å². The lowest BCUT2D eigenvalue weighted by Gasteiger charge is -1.92. The molecule has 0 fully saturated rings. The number of anilines is 1. The SMILES string of the molecule is Cc1ccnc2[nH]nc(N)c12. The summed E-state index contributed by atoms with van der Waals surface area (Å²) in [5.74, 6) is 0.519. The number of nitrogen functional groups attached to an aromatic ring is 1. The molecule has 0 aliphatic heterocycles. The fraction of sp³-hybridized carbons (Fsp3) is 0.143. The fourth-order valence-electron chi connectivity index (χ4n) is 1.14. The molecule has 0 amide bonds. The average Bonchev–Trinajstić information content (AvgIpc) is 2.34. The highest BCUT2D eigenvalue weighted by Crippen LogP contribution is 2.18. The van der Waals surface area contributed by atoms with Crippen LogP contribution in [0.5, 0.6) is 0 Å². The second kappa shape index (κ2) is 1.95. The smallest absolute Gasteiger partial charge is 0.157 e. The van der Waals surface area contributed by atoms with Crippen molar-refractivity contribution < 1.29 is 0 Å². The molecule has 2 aromatic rings. The maximum atomic E-state index is 5.59. The average molecular weight is 148 g/mol. The first kappa shape index (κ1) is 6.15. The summed E-state index contributed by atoms with van der Waals surface area (Å²) in [6.45, 7) is 1.98. The second-order valence-electron chi connectivity index (χ2n) is 2.46. The van der Waals surface area contributed by atoms with Gasteiger partial charge in [0.15, 0.2) is 11.5 Å². The van der Waals surface area contributed by atoms with E-state index in [0.717, 1.165) is 16.6 Å². The zero-order valence-corrected chi connectivity index (χ0v) is 6.13. The molecule has 4 nitrogen and oxygen atoms in total. The lowest BCUT2D eigenvalue weighted by Crippen LogP contribution is -1.85. The van der Waals surface area contributed by atoms with Gasteiger partial charge in [0.1, 0.15) is 0 Å². The molecular weight excluding hydrogens is 140 g/mol. The van der Waals surface area contributed by atoms with E-state index in [4.69, 9.17) is 5.73 Å². The van der Waals surface area contributed by atoms with Crippen LogP contribution in [0.4, 0.5) is 5.82 Å². The molecule has 4 heteroatoms. The van der Waals surface area contributed by atoms with Crippen molar-refractivity contribution in [2.45, 2.75) is 6.92 Å². The maximum absolute atomic E-state index is 5.59. The van der Waals surface area contributed by atoms with Gasteiger partial charge in [0.05, 0.1) is 5.39 Å². The van der Waals surface area contributed by atoms with Crippen molar-refractivity contribution in [3.63, 3.8) is 0 Å². The van der Waals surface area contributed by atoms with Crippen LogP contribution in [0.2, 0.25) is 0 Å². The van der Waals surface area contributed by atoms with Crippen LogP contribution in [-0.4, -0.2) is 15.2 Å². The summed E-state index contributed by atoms with van der Waals surface area (Å²) in [6.07, 6.45) is 1.73. The van der Waals surface area contributed by atoms with E-state index in [-0.39, 0.29) is 0 Å². The van der Waals surface area contributed by atoms with Crippen LogP contribution in [0, 0.1) is 6.92 Å². The quantitative estimate of drug-likeness (QED) is 0.582. The Bertz CT molecular complexity index is 390. The van der Waals surface area contributed by atoms with E-state index in [1.54, 1.807) is 6.20 Å². The number of rotatable bonds is 0. The zero-order chi connectivity index (χ0) is 7.84. The summed E-state index contributed by atoms with van der Waals surface area (Å²) in [5, 5.41) is 7.51. The van der Waals surface area contributed by atoms with Crippen molar-refractivity contribution in [1.29, 1.82) is 0 Å². The van der Waals surface area contributed by atoms with Crippen molar-refractivity contribution in [3.8, 4) is 0 Å². The molecule has 2 heterocycles. The van der Waals surface area contributed by atoms with E-state index in [1.807, 2.05) is 13.0 Å². The number of nitrogens with two attached hydrogens (primary N) is 1. The lowest BCUT2D eigenvalue weighted by atomic mass is 10.2. The van der Waals surface area contributed by atoms with Gasteiger partial charge in [-0.3, -0.25) is 5.10 Å². The van der Waals surface area contributed by atoms with E-state index < -0.39 is 0 Å². The largest absolute Gasteiger partial charge is 0.382 e. The number of aryl methyl sites for hydroxylation is 1. The molecule has 0 aliphatic rings. The van der Waals surface area contributed by atoms with Crippen molar-refractivity contribution in [1.82, 2.24) is 15.2 Å². The third-order valence-electron chi connectivity index (χ3n) is 1.70. The summed E-state index contributed by atoms with van der Waals surface area (Å²) in [7, 11) is 0. The Kier molecular flexibility index (Phi) is 1.09. The summed E-state index contributed by atoms with van der Waals surface area (Å²) in [5.41, 5.74) is 7.45. The Morgan fingerprint density at radius 1 is 1.55 bits per heavy atom. The Morgan fingerprint density at radius 3 is 3.09 bits per heavy atom. The number of pyridine rings is 1. The van der Waals surface area contributed by atoms with E-state index in [1.165, 1.54) is 0 Å². The number of H-pyrrole nitrogens is 1. The summed E-state index contributed by atoms with van der Waals surface area (Å²) >= 11 is 0. The highest BCUT2D eigenvalue weighted by molar-refractivity contribution is 5.88. The van der Waals surface area contributed by atoms with Gasteiger partial charge in [-0.25, -0.2) is 4.98 Å². The minimum atomic E-state index is 0.519. The van der Waals surface area contributed by atoms with Gasteiger partial charge in [-0.1, -0.05) is 0 Å². The van der Waals surface area contributed by atoms with Gasteiger partial charge in [0.25, 0.3) is 0 Å². The molecule has 0 aromatic carbocycles. The Balaban J connectivity index is 2.96. The molecule has 0 spiro atoms. The van der Waals surface area contributed by atoms with Crippen LogP contribution in [0.25, 0.3) is 11.0 Å². The first-order chi connectivity index (χ1) is 5.29. The molecule has 2 aromatic heterocycles. The zero-order valence-electron chi connectivity index (χ0n) is 6.13. The highest BCUT2D eigenvalue weighted by Gasteiger charge is 2.03. The van der Waals surface area contributed by atoms with Crippen LogP contribution < -0.4 is 5.73 Å². The maximum Gasteiger partial charge on any atom is 0.157 e. The first-order valence-corrected chi connectivity index (χ1v) is 3.34. The van der Waals surface area contributed by atoms with Crippen LogP contribution in [0.3, 0.4) is 0 Å². The Hall–Kier alpha value is -1.58. The molecule has 0 unspecified atom stereocenters. The van der Waals surface area contributed by atoms with Gasteiger partial charge in [0.2, 0.25) is 0 Å². The number of nitrogens with zero attached hydrogens (tertiary/aromatic N) is 2. The van der Waals surface area contributed by atoms with Gasteiger partial charge < -0.3 is 5.73 Å². The second-order valence-corrected chi connectivity index (χ2v) is 2.46. The predicted molar refractivity (Wildman–Crippen MR) is 43.0 cm³/mol. The number of fused-ring (bicyclic) bond motifs is 1. The first-order valence-electron chi connectivity index (χ1n) is 3.34. The van der Waals surface area contributed by atoms with Crippen LogP contribution in [0.15, 0.2) is 12.3 Å². The number of aromatic amines is 1. The standard InChI is InChI=1S/C7H8N4/c1-4-2-3-9-7-5(4)6(8)10-11-7/h2-3H,1H3,(H3,8,9,10,11). The number of hydrogen-bond acceptors (Lipinski definition) is 3. The highest BCUT2D eigenvalue weighted by atomic mass is 15.2. The predicted octanol–water partition coefficient (Wildman–Crippen LogP) is 0.849. The number of hydrogen-bond donors (Lipinski definition) is 2. The molecule has 0 saturated heterocycles. The van der Waals surface area contributed by atoms with Crippen molar-refractivity contribution in [2.24, 2.45) is 0 Å². The van der Waals surface area contributed by atoms with E-state index in [2.05, 4.69) is 15.2 Å². The molecular formula is C7H8N4. The number of aromatic nitrogens is 3. The molecule has 0 saturated carbocycles. The van der Waals surface area contributed by atoms with Gasteiger partial charge in [-0.15, -0.1) is 0 Å². The molecule has 0 atom stereocenters. The molecule has 56 valence electrons. The molecule has 0 bridgehead atoms. The lowest BCUT2D eigenvalue weighted by molar-refractivity contribution is 1.10. The topological polar surface area (TPSA) is 67.6 Å². The monoisotopic (exact) mass is 148 g/mol. The van der Waals surface area contributed by atoms with Gasteiger partial charge in [0, 0.05) is 6.20 Å². The third-order valence-corrected chi connectivity index (χ3v) is 1.70. The van der Waals surface area contributed by atoms with Crippen molar-refractivity contribution in [3.05, 3.63) is 17.8 Å². The summed E-state index contributed by atoms with van der Waals surface area (Å²) in [4.78, 5) is 4.06. The summed E-state index contributed by atoms with van der Waals surface area (Å²) in [6, 6.07) is 1.91. The van der Waals surface area contributed by atoms with Crippen LogP contribution in [-0.2, 0) is 0 Å². The van der Waals surface area contributed by atoms with Gasteiger partial charge in [-0.2, -0.15) is 5.10 Å². The minimum absolute atomic E-state index is 0.519. The summed E-state index contributed by atoms with van der Waals surface area (Å²) < 4.78 is 0. The van der Waals surface area contributed by atoms with E-state index >= 15 is 0 Å². The Morgan fingerprint density at radius 2 is 2.36 bits per heavy atom. The van der Waals surface area contributed by atoms with Gasteiger partial charge in [-0.05, 0) is 18.6 Å². The van der Waals surface area contributed by atoms with Crippen LogP contribution in [0.1, 0.15) is 5.56 Å². The normalized spacial score (nSPS) is 10.6. The van der Waals surface area contributed by atoms with Crippen LogP contribution >= 0.6 is 0 Å². The van der Waals surface area contributed by atoms with E-state index in [0.29, 0.717) is 5.82 Å². The van der Waals surface area contributed by atoms with Gasteiger partial charge >= 0.3 is 0 Å². The molecule has 0 aliphatic carbocycles. The molecule has 11 heavy (non-hydrogen) atoms. The number of nitrogens with one attached hydrogen (secondary N) is 1. The minimum Gasteiger partial charge on any atom is -0.382 e. The third kappa shape index (κ3) is 0.756. The van der Waals surface area contributed by atoms with Crippen molar-refractivity contribution >= 4 is 16.9 Å². The van der Waals surface area contributed by atoms with Crippen molar-refractivity contribution in [2.75, 3.05) is 5.73 Å². The molecule has 0 radical (unpaired) electrons. The molecule has 3 N–H and O–H groups in total.